The Morgan fingerprint density at radius 2 is 2.38 bits per heavy atom. The van der Waals surface area contributed by atoms with Gasteiger partial charge in [0.15, 0.2) is 0 Å². The van der Waals surface area contributed by atoms with Crippen LogP contribution in [0.15, 0.2) is 12.5 Å². The Morgan fingerprint density at radius 3 is 2.85 bits per heavy atom. The van der Waals surface area contributed by atoms with Gasteiger partial charge in [0.1, 0.15) is 5.41 Å². The second-order valence-electron chi connectivity index (χ2n) is 3.30. The van der Waals surface area contributed by atoms with Crippen LogP contribution in [0.3, 0.4) is 0 Å². The van der Waals surface area contributed by atoms with Crippen LogP contribution in [-0.4, -0.2) is 22.5 Å². The molecule has 0 fully saturated rings. The summed E-state index contributed by atoms with van der Waals surface area (Å²) >= 11 is 0. The molecule has 0 aliphatic carbocycles. The minimum absolute atomic E-state index is 0.248. The Kier molecular flexibility index (Phi) is 2.70. The van der Waals surface area contributed by atoms with Crippen molar-refractivity contribution >= 4 is 5.97 Å². The van der Waals surface area contributed by atoms with E-state index in [0.29, 0.717) is 12.3 Å². The first kappa shape index (κ1) is 9.77. The van der Waals surface area contributed by atoms with Crippen molar-refractivity contribution in [1.82, 2.24) is 9.97 Å². The normalized spacial score (nSPS) is 11.3. The molecule has 0 saturated carbocycles. The van der Waals surface area contributed by atoms with Crippen LogP contribution in [0.4, 0.5) is 0 Å². The van der Waals surface area contributed by atoms with Crippen LogP contribution in [0, 0.1) is 0 Å². The zero-order chi connectivity index (χ0) is 9.90. The molecule has 72 valence electrons. The molecule has 0 atom stereocenters. The molecule has 0 bridgehead atoms. The highest BCUT2D eigenvalue weighted by Gasteiger charge is 2.33. The number of hydrogen-bond donors (Lipinski definition) is 1. The van der Waals surface area contributed by atoms with E-state index in [0.717, 1.165) is 0 Å². The Balaban J connectivity index is 2.82. The lowest BCUT2D eigenvalue weighted by atomic mass is 9.90. The number of carbonyl (C=O) groups is 1. The highest BCUT2D eigenvalue weighted by Crippen LogP contribution is 2.21. The number of aromatic nitrogens is 2. The molecule has 0 aliphatic heterocycles. The number of aromatic amines is 1. The summed E-state index contributed by atoms with van der Waals surface area (Å²) in [5.41, 5.74) is 0.0293. The van der Waals surface area contributed by atoms with E-state index in [1.54, 1.807) is 33.3 Å². The van der Waals surface area contributed by atoms with E-state index in [9.17, 15) is 4.79 Å². The highest BCUT2D eigenvalue weighted by molar-refractivity contribution is 5.81. The van der Waals surface area contributed by atoms with Gasteiger partial charge in [-0.05, 0) is 20.8 Å². The van der Waals surface area contributed by atoms with Crippen LogP contribution < -0.4 is 0 Å². The standard InChI is InChI=1S/C9H14N2O2/c1-4-13-8(12)9(2,3)7-5-10-6-11-7/h5-6H,4H2,1-3H3,(H,10,11). The Bertz CT molecular complexity index is 278. The molecular formula is C9H14N2O2. The summed E-state index contributed by atoms with van der Waals surface area (Å²) in [5.74, 6) is -0.248. The van der Waals surface area contributed by atoms with Crippen molar-refractivity contribution in [2.24, 2.45) is 0 Å². The summed E-state index contributed by atoms with van der Waals surface area (Å²) in [5, 5.41) is 0. The first-order chi connectivity index (χ1) is 6.09. The van der Waals surface area contributed by atoms with E-state index in [-0.39, 0.29) is 5.97 Å². The molecule has 4 heteroatoms. The summed E-state index contributed by atoms with van der Waals surface area (Å²) in [6.45, 7) is 5.77. The Morgan fingerprint density at radius 1 is 1.69 bits per heavy atom. The summed E-state index contributed by atoms with van der Waals surface area (Å²) in [4.78, 5) is 18.3. The van der Waals surface area contributed by atoms with Gasteiger partial charge in [-0.15, -0.1) is 0 Å². The molecule has 1 N–H and O–H groups in total. The lowest BCUT2D eigenvalue weighted by Gasteiger charge is -2.19. The van der Waals surface area contributed by atoms with Crippen molar-refractivity contribution in [3.8, 4) is 0 Å². The second kappa shape index (κ2) is 3.60. The minimum atomic E-state index is -0.671. The maximum atomic E-state index is 11.5. The van der Waals surface area contributed by atoms with Crippen LogP contribution in [0.25, 0.3) is 0 Å². The lowest BCUT2D eigenvalue weighted by Crippen LogP contribution is -2.31. The molecular weight excluding hydrogens is 168 g/mol. The highest BCUT2D eigenvalue weighted by atomic mass is 16.5. The molecule has 0 aromatic carbocycles. The smallest absolute Gasteiger partial charge is 0.317 e. The number of rotatable bonds is 3. The van der Waals surface area contributed by atoms with Crippen molar-refractivity contribution in [3.05, 3.63) is 18.2 Å². The quantitative estimate of drug-likeness (QED) is 0.716. The third-order valence-corrected chi connectivity index (χ3v) is 1.92. The van der Waals surface area contributed by atoms with Crippen molar-refractivity contribution in [2.45, 2.75) is 26.2 Å². The zero-order valence-corrected chi connectivity index (χ0v) is 8.13. The number of nitrogens with one attached hydrogen (secondary N) is 1. The van der Waals surface area contributed by atoms with Crippen LogP contribution in [0.2, 0.25) is 0 Å². The van der Waals surface area contributed by atoms with E-state index in [1.165, 1.54) is 0 Å². The van der Waals surface area contributed by atoms with Crippen molar-refractivity contribution in [1.29, 1.82) is 0 Å². The molecule has 13 heavy (non-hydrogen) atoms. The van der Waals surface area contributed by atoms with Crippen LogP contribution in [0.5, 0.6) is 0 Å². The predicted molar refractivity (Wildman–Crippen MR) is 48.2 cm³/mol. The van der Waals surface area contributed by atoms with E-state index < -0.39 is 5.41 Å². The van der Waals surface area contributed by atoms with Crippen LogP contribution >= 0.6 is 0 Å². The van der Waals surface area contributed by atoms with Gasteiger partial charge in [-0.2, -0.15) is 0 Å². The third-order valence-electron chi connectivity index (χ3n) is 1.92. The fourth-order valence-corrected chi connectivity index (χ4v) is 1.02. The van der Waals surface area contributed by atoms with Gasteiger partial charge in [-0.1, -0.05) is 0 Å². The second-order valence-corrected chi connectivity index (χ2v) is 3.30. The summed E-state index contributed by atoms with van der Waals surface area (Å²) in [6.07, 6.45) is 3.26. The molecule has 1 heterocycles. The van der Waals surface area contributed by atoms with Crippen molar-refractivity contribution in [2.75, 3.05) is 6.61 Å². The van der Waals surface area contributed by atoms with E-state index in [2.05, 4.69) is 9.97 Å². The number of imidazole rings is 1. The van der Waals surface area contributed by atoms with Gasteiger partial charge in [-0.3, -0.25) is 4.79 Å². The number of ether oxygens (including phenoxy) is 1. The first-order valence-electron chi connectivity index (χ1n) is 4.25. The molecule has 4 nitrogen and oxygen atoms in total. The Labute approximate surface area is 77.3 Å². The summed E-state index contributed by atoms with van der Waals surface area (Å²) in [6, 6.07) is 0. The number of H-pyrrole nitrogens is 1. The van der Waals surface area contributed by atoms with E-state index >= 15 is 0 Å². The van der Waals surface area contributed by atoms with Crippen LogP contribution in [-0.2, 0) is 14.9 Å². The third kappa shape index (κ3) is 1.88. The number of carbonyl (C=O) groups excluding carboxylic acids is 1. The SMILES string of the molecule is CCOC(=O)C(C)(C)c1c[nH]cn1. The maximum absolute atomic E-state index is 11.5. The monoisotopic (exact) mass is 182 g/mol. The molecule has 0 spiro atoms. The van der Waals surface area contributed by atoms with Gasteiger partial charge < -0.3 is 9.72 Å². The molecule has 0 saturated heterocycles. The van der Waals surface area contributed by atoms with Gasteiger partial charge in [0.2, 0.25) is 0 Å². The Hall–Kier alpha value is -1.32. The topological polar surface area (TPSA) is 55.0 Å². The predicted octanol–water partition coefficient (Wildman–Crippen LogP) is 1.25. The molecule has 1 rings (SSSR count). The molecule has 0 aliphatic rings. The van der Waals surface area contributed by atoms with Gasteiger partial charge in [0.05, 0.1) is 18.6 Å². The fourth-order valence-electron chi connectivity index (χ4n) is 1.02. The summed E-state index contributed by atoms with van der Waals surface area (Å²) in [7, 11) is 0. The van der Waals surface area contributed by atoms with Gasteiger partial charge in [0.25, 0.3) is 0 Å². The van der Waals surface area contributed by atoms with E-state index in [4.69, 9.17) is 4.74 Å². The van der Waals surface area contributed by atoms with E-state index in [1.807, 2.05) is 0 Å². The molecule has 0 unspecified atom stereocenters. The average molecular weight is 182 g/mol. The van der Waals surface area contributed by atoms with Crippen molar-refractivity contribution in [3.63, 3.8) is 0 Å². The number of esters is 1. The van der Waals surface area contributed by atoms with Gasteiger partial charge >= 0.3 is 5.97 Å². The fraction of sp³-hybridized carbons (Fsp3) is 0.556. The number of hydrogen-bond acceptors (Lipinski definition) is 3. The average Bonchev–Trinajstić information content (AvgIpc) is 2.56. The van der Waals surface area contributed by atoms with Crippen LogP contribution in [0.1, 0.15) is 26.5 Å². The lowest BCUT2D eigenvalue weighted by molar-refractivity contribution is -0.148. The van der Waals surface area contributed by atoms with Gasteiger partial charge in [0, 0.05) is 6.20 Å². The molecule has 1 aromatic rings. The minimum Gasteiger partial charge on any atom is -0.465 e. The molecule has 1 aromatic heterocycles. The van der Waals surface area contributed by atoms with Crippen molar-refractivity contribution < 1.29 is 9.53 Å². The largest absolute Gasteiger partial charge is 0.465 e. The van der Waals surface area contributed by atoms with Gasteiger partial charge in [-0.25, -0.2) is 4.98 Å². The molecule has 0 amide bonds. The first-order valence-corrected chi connectivity index (χ1v) is 4.25. The number of nitrogens with zero attached hydrogens (tertiary/aromatic N) is 1. The summed E-state index contributed by atoms with van der Waals surface area (Å²) < 4.78 is 4.94. The maximum Gasteiger partial charge on any atom is 0.317 e. The zero-order valence-electron chi connectivity index (χ0n) is 8.13. The molecule has 0 radical (unpaired) electrons.